The van der Waals surface area contributed by atoms with Gasteiger partial charge in [-0.25, -0.2) is 9.97 Å². The Bertz CT molecular complexity index is 531. The van der Waals surface area contributed by atoms with E-state index in [4.69, 9.17) is 11.6 Å². The van der Waals surface area contributed by atoms with Gasteiger partial charge in [0.15, 0.2) is 0 Å². The maximum atomic E-state index is 6.15. The lowest BCUT2D eigenvalue weighted by atomic mass is 10.2. The van der Waals surface area contributed by atoms with E-state index in [2.05, 4.69) is 44.5 Å². The summed E-state index contributed by atoms with van der Waals surface area (Å²) >= 11 is 8.35. The highest BCUT2D eigenvalue weighted by atomic mass is 127. The summed E-state index contributed by atoms with van der Waals surface area (Å²) in [6.07, 6.45) is 6.24. The molecular weight excluding hydrogens is 361 g/mol. The third-order valence-corrected chi connectivity index (χ3v) is 4.22. The van der Waals surface area contributed by atoms with Gasteiger partial charge in [0.1, 0.15) is 11.0 Å². The number of hydrogen-bond acceptors (Lipinski definition) is 3. The Labute approximate surface area is 125 Å². The Morgan fingerprint density at radius 1 is 1.33 bits per heavy atom. The monoisotopic (exact) mass is 373 g/mol. The molecule has 0 unspecified atom stereocenters. The van der Waals surface area contributed by atoms with Gasteiger partial charge in [-0.1, -0.05) is 31.0 Å². The molecule has 0 amide bonds. The van der Waals surface area contributed by atoms with E-state index in [-0.39, 0.29) is 0 Å². The molecule has 18 heavy (non-hydrogen) atoms. The molecule has 5 heteroatoms. The summed E-state index contributed by atoms with van der Waals surface area (Å²) in [6.45, 7) is 2.13. The van der Waals surface area contributed by atoms with E-state index in [1.807, 2.05) is 18.3 Å². The molecule has 0 aliphatic rings. The van der Waals surface area contributed by atoms with E-state index in [1.54, 1.807) is 6.20 Å². The third-order valence-electron chi connectivity index (χ3n) is 2.50. The molecule has 0 saturated heterocycles. The fraction of sp³-hybridized carbons (Fsp3) is 0.308. The summed E-state index contributed by atoms with van der Waals surface area (Å²) in [6, 6.07) is 3.93. The normalized spacial score (nSPS) is 10.6. The van der Waals surface area contributed by atoms with Gasteiger partial charge in [0.05, 0.1) is 9.26 Å². The standard InChI is InChI=1S/C13H13ClIN3/c1-2-4-10-12(15)13(14)18-11(17-10)7-9-5-3-6-16-8-9/h3,5-6,8H,2,4,7H2,1H3. The molecule has 0 aliphatic carbocycles. The number of aryl methyl sites for hydroxylation is 1. The van der Waals surface area contributed by atoms with Crippen molar-refractivity contribution in [2.45, 2.75) is 26.2 Å². The van der Waals surface area contributed by atoms with Crippen LogP contribution in [0.3, 0.4) is 0 Å². The predicted molar refractivity (Wildman–Crippen MR) is 80.8 cm³/mol. The minimum Gasteiger partial charge on any atom is -0.264 e. The summed E-state index contributed by atoms with van der Waals surface area (Å²) < 4.78 is 0.964. The molecule has 0 N–H and O–H groups in total. The van der Waals surface area contributed by atoms with Crippen molar-refractivity contribution in [3.05, 3.63) is 50.3 Å². The van der Waals surface area contributed by atoms with Crippen LogP contribution >= 0.6 is 34.2 Å². The average molecular weight is 374 g/mol. The van der Waals surface area contributed by atoms with Crippen LogP contribution in [0.2, 0.25) is 5.15 Å². The van der Waals surface area contributed by atoms with Gasteiger partial charge in [-0.2, -0.15) is 0 Å². The van der Waals surface area contributed by atoms with Crippen LogP contribution in [-0.4, -0.2) is 15.0 Å². The van der Waals surface area contributed by atoms with Gasteiger partial charge in [-0.3, -0.25) is 4.98 Å². The Balaban J connectivity index is 2.28. The predicted octanol–water partition coefficient (Wildman–Crippen LogP) is 3.67. The quantitative estimate of drug-likeness (QED) is 0.606. The molecule has 0 fully saturated rings. The van der Waals surface area contributed by atoms with E-state index in [0.29, 0.717) is 11.6 Å². The van der Waals surface area contributed by atoms with Crippen LogP contribution < -0.4 is 0 Å². The van der Waals surface area contributed by atoms with Gasteiger partial charge in [0.2, 0.25) is 0 Å². The van der Waals surface area contributed by atoms with Crippen molar-refractivity contribution >= 4 is 34.2 Å². The second kappa shape index (κ2) is 6.43. The fourth-order valence-corrected chi connectivity index (χ4v) is 2.40. The first-order valence-corrected chi connectivity index (χ1v) is 7.26. The first-order valence-electron chi connectivity index (χ1n) is 5.80. The number of halogens is 2. The van der Waals surface area contributed by atoms with Gasteiger partial charge in [-0.15, -0.1) is 0 Å². The molecule has 0 radical (unpaired) electrons. The summed E-state index contributed by atoms with van der Waals surface area (Å²) in [5, 5.41) is 0.549. The third kappa shape index (κ3) is 3.38. The van der Waals surface area contributed by atoms with E-state index < -0.39 is 0 Å². The van der Waals surface area contributed by atoms with Crippen LogP contribution in [0.5, 0.6) is 0 Å². The van der Waals surface area contributed by atoms with E-state index in [1.165, 1.54) is 0 Å². The lowest BCUT2D eigenvalue weighted by Gasteiger charge is -2.07. The summed E-state index contributed by atoms with van der Waals surface area (Å²) in [5.41, 5.74) is 2.13. The molecule has 0 spiro atoms. The molecule has 94 valence electrons. The SMILES string of the molecule is CCCc1nc(Cc2cccnc2)nc(Cl)c1I. The largest absolute Gasteiger partial charge is 0.264 e. The Hall–Kier alpha value is -0.750. The van der Waals surface area contributed by atoms with Gasteiger partial charge in [0, 0.05) is 18.8 Å². The first-order chi connectivity index (χ1) is 8.70. The average Bonchev–Trinajstić information content (AvgIpc) is 2.37. The molecule has 2 heterocycles. The van der Waals surface area contributed by atoms with Crippen molar-refractivity contribution in [3.8, 4) is 0 Å². The van der Waals surface area contributed by atoms with Crippen LogP contribution in [0.4, 0.5) is 0 Å². The molecular formula is C13H13ClIN3. The van der Waals surface area contributed by atoms with E-state index >= 15 is 0 Å². The molecule has 3 nitrogen and oxygen atoms in total. The highest BCUT2D eigenvalue weighted by Crippen LogP contribution is 2.21. The van der Waals surface area contributed by atoms with Crippen LogP contribution in [0.15, 0.2) is 24.5 Å². The number of rotatable bonds is 4. The minimum atomic E-state index is 0.549. The van der Waals surface area contributed by atoms with Crippen molar-refractivity contribution in [1.82, 2.24) is 15.0 Å². The van der Waals surface area contributed by atoms with Crippen LogP contribution in [-0.2, 0) is 12.8 Å². The maximum absolute atomic E-state index is 6.15. The second-order valence-electron chi connectivity index (χ2n) is 3.98. The van der Waals surface area contributed by atoms with Gasteiger partial charge in [0.25, 0.3) is 0 Å². The number of aromatic nitrogens is 3. The molecule has 2 rings (SSSR count). The van der Waals surface area contributed by atoms with E-state index in [9.17, 15) is 0 Å². The number of nitrogens with zero attached hydrogens (tertiary/aromatic N) is 3. The molecule has 0 aromatic carbocycles. The summed E-state index contributed by atoms with van der Waals surface area (Å²) in [5.74, 6) is 0.761. The molecule has 0 saturated carbocycles. The molecule has 2 aromatic heterocycles. The zero-order valence-electron chi connectivity index (χ0n) is 10.0. The highest BCUT2D eigenvalue weighted by Gasteiger charge is 2.10. The maximum Gasteiger partial charge on any atom is 0.146 e. The summed E-state index contributed by atoms with van der Waals surface area (Å²) in [7, 11) is 0. The first kappa shape index (κ1) is 13.7. The van der Waals surface area contributed by atoms with Gasteiger partial charge >= 0.3 is 0 Å². The van der Waals surface area contributed by atoms with Crippen LogP contribution in [0.1, 0.15) is 30.4 Å². The molecule has 0 atom stereocenters. The summed E-state index contributed by atoms with van der Waals surface area (Å²) in [4.78, 5) is 13.0. The van der Waals surface area contributed by atoms with Crippen molar-refractivity contribution in [2.75, 3.05) is 0 Å². The zero-order valence-corrected chi connectivity index (χ0v) is 12.9. The smallest absolute Gasteiger partial charge is 0.146 e. The van der Waals surface area contributed by atoms with Crippen molar-refractivity contribution in [1.29, 1.82) is 0 Å². The van der Waals surface area contributed by atoms with Crippen LogP contribution in [0, 0.1) is 3.57 Å². The van der Waals surface area contributed by atoms with E-state index in [0.717, 1.165) is 33.5 Å². The molecule has 0 bridgehead atoms. The lowest BCUT2D eigenvalue weighted by Crippen LogP contribution is -2.04. The second-order valence-corrected chi connectivity index (χ2v) is 5.42. The Morgan fingerprint density at radius 2 is 2.17 bits per heavy atom. The fourth-order valence-electron chi connectivity index (χ4n) is 1.68. The Morgan fingerprint density at radius 3 is 2.83 bits per heavy atom. The van der Waals surface area contributed by atoms with Gasteiger partial charge in [-0.05, 0) is 40.6 Å². The van der Waals surface area contributed by atoms with Crippen LogP contribution in [0.25, 0.3) is 0 Å². The zero-order chi connectivity index (χ0) is 13.0. The minimum absolute atomic E-state index is 0.549. The number of hydrogen-bond donors (Lipinski definition) is 0. The Kier molecular flexibility index (Phi) is 4.88. The van der Waals surface area contributed by atoms with Gasteiger partial charge < -0.3 is 0 Å². The lowest BCUT2D eigenvalue weighted by molar-refractivity contribution is 0.832. The van der Waals surface area contributed by atoms with Crippen molar-refractivity contribution in [3.63, 3.8) is 0 Å². The molecule has 0 aliphatic heterocycles. The molecule has 2 aromatic rings. The topological polar surface area (TPSA) is 38.7 Å². The van der Waals surface area contributed by atoms with Crippen molar-refractivity contribution in [2.24, 2.45) is 0 Å². The highest BCUT2D eigenvalue weighted by molar-refractivity contribution is 14.1. The van der Waals surface area contributed by atoms with Crippen molar-refractivity contribution < 1.29 is 0 Å². The number of pyridine rings is 1.